The molecule has 19 heavy (non-hydrogen) atoms. The molecule has 0 aliphatic rings. The standard InChI is InChI=1S/C15H20N2O2/c1-6-14(18)16(4)10-15(19)17(5)13-8-7-11(2)12(3)9-13/h6-9H,1,10H2,2-5H3. The van der Waals surface area contributed by atoms with E-state index in [1.54, 1.807) is 19.0 Å². The van der Waals surface area contributed by atoms with E-state index in [1.165, 1.54) is 16.5 Å². The Kier molecular flexibility index (Phi) is 4.87. The second-order valence-corrected chi connectivity index (χ2v) is 4.62. The lowest BCUT2D eigenvalue weighted by Crippen LogP contribution is -2.38. The number of aryl methyl sites for hydroxylation is 2. The molecule has 0 fully saturated rings. The van der Waals surface area contributed by atoms with Crippen LogP contribution in [0, 0.1) is 13.8 Å². The Balaban J connectivity index is 2.79. The Morgan fingerprint density at radius 3 is 2.37 bits per heavy atom. The van der Waals surface area contributed by atoms with Gasteiger partial charge in [0.05, 0.1) is 0 Å². The fourth-order valence-corrected chi connectivity index (χ4v) is 1.62. The Morgan fingerprint density at radius 1 is 1.21 bits per heavy atom. The molecule has 4 nitrogen and oxygen atoms in total. The highest BCUT2D eigenvalue weighted by molar-refractivity contribution is 5.97. The van der Waals surface area contributed by atoms with E-state index in [0.717, 1.165) is 11.3 Å². The summed E-state index contributed by atoms with van der Waals surface area (Å²) < 4.78 is 0. The molecular weight excluding hydrogens is 240 g/mol. The van der Waals surface area contributed by atoms with Gasteiger partial charge < -0.3 is 9.80 Å². The molecule has 1 aromatic rings. The molecule has 0 atom stereocenters. The number of amides is 2. The van der Waals surface area contributed by atoms with Crippen molar-refractivity contribution in [2.24, 2.45) is 0 Å². The van der Waals surface area contributed by atoms with Crippen molar-refractivity contribution in [1.82, 2.24) is 4.90 Å². The van der Waals surface area contributed by atoms with Crippen LogP contribution >= 0.6 is 0 Å². The van der Waals surface area contributed by atoms with Gasteiger partial charge in [0.15, 0.2) is 0 Å². The first-order valence-corrected chi connectivity index (χ1v) is 6.08. The molecule has 0 radical (unpaired) electrons. The number of anilines is 1. The average Bonchev–Trinajstić information content (AvgIpc) is 2.39. The van der Waals surface area contributed by atoms with Crippen LogP contribution in [-0.4, -0.2) is 37.4 Å². The number of nitrogens with zero attached hydrogens (tertiary/aromatic N) is 2. The summed E-state index contributed by atoms with van der Waals surface area (Å²) in [6.07, 6.45) is 1.20. The Hall–Kier alpha value is -2.10. The number of carbonyl (C=O) groups is 2. The Morgan fingerprint density at radius 2 is 1.84 bits per heavy atom. The molecule has 0 N–H and O–H groups in total. The second-order valence-electron chi connectivity index (χ2n) is 4.62. The van der Waals surface area contributed by atoms with Crippen LogP contribution in [0.1, 0.15) is 11.1 Å². The van der Waals surface area contributed by atoms with Crippen molar-refractivity contribution < 1.29 is 9.59 Å². The van der Waals surface area contributed by atoms with E-state index >= 15 is 0 Å². The summed E-state index contributed by atoms with van der Waals surface area (Å²) in [5.41, 5.74) is 3.14. The summed E-state index contributed by atoms with van der Waals surface area (Å²) in [7, 11) is 3.29. The maximum atomic E-state index is 12.1. The molecule has 0 aromatic heterocycles. The number of hydrogen-bond acceptors (Lipinski definition) is 2. The lowest BCUT2D eigenvalue weighted by molar-refractivity contribution is -0.129. The van der Waals surface area contributed by atoms with Crippen molar-refractivity contribution in [2.75, 3.05) is 25.5 Å². The molecule has 0 spiro atoms. The Labute approximate surface area is 114 Å². The van der Waals surface area contributed by atoms with Crippen molar-refractivity contribution >= 4 is 17.5 Å². The molecule has 4 heteroatoms. The van der Waals surface area contributed by atoms with E-state index in [0.29, 0.717) is 0 Å². The number of likely N-dealkylation sites (N-methyl/N-ethyl adjacent to an activating group) is 2. The molecule has 102 valence electrons. The second kappa shape index (κ2) is 6.18. The van der Waals surface area contributed by atoms with Gasteiger partial charge in [0.25, 0.3) is 0 Å². The summed E-state index contributed by atoms with van der Waals surface area (Å²) >= 11 is 0. The predicted molar refractivity (Wildman–Crippen MR) is 77.2 cm³/mol. The van der Waals surface area contributed by atoms with E-state index in [1.807, 2.05) is 32.0 Å². The van der Waals surface area contributed by atoms with Gasteiger partial charge in [0.2, 0.25) is 11.8 Å². The van der Waals surface area contributed by atoms with Crippen molar-refractivity contribution in [3.8, 4) is 0 Å². The largest absolute Gasteiger partial charge is 0.333 e. The third-order valence-electron chi connectivity index (χ3n) is 3.18. The van der Waals surface area contributed by atoms with E-state index in [9.17, 15) is 9.59 Å². The van der Waals surface area contributed by atoms with Gasteiger partial charge in [0, 0.05) is 19.8 Å². The monoisotopic (exact) mass is 260 g/mol. The van der Waals surface area contributed by atoms with Gasteiger partial charge in [0.1, 0.15) is 6.54 Å². The van der Waals surface area contributed by atoms with Crippen LogP contribution in [0.15, 0.2) is 30.9 Å². The number of carbonyl (C=O) groups excluding carboxylic acids is 2. The SMILES string of the molecule is C=CC(=O)N(C)CC(=O)N(C)c1ccc(C)c(C)c1. The van der Waals surface area contributed by atoms with Crippen molar-refractivity contribution in [3.63, 3.8) is 0 Å². The van der Waals surface area contributed by atoms with Gasteiger partial charge in [-0.3, -0.25) is 9.59 Å². The maximum absolute atomic E-state index is 12.1. The average molecular weight is 260 g/mol. The minimum atomic E-state index is -0.262. The number of benzene rings is 1. The minimum Gasteiger partial charge on any atom is -0.333 e. The first-order chi connectivity index (χ1) is 8.86. The number of rotatable bonds is 4. The normalized spacial score (nSPS) is 9.89. The third kappa shape index (κ3) is 3.68. The zero-order chi connectivity index (χ0) is 14.6. The van der Waals surface area contributed by atoms with E-state index in [2.05, 4.69) is 6.58 Å². The maximum Gasteiger partial charge on any atom is 0.246 e. The van der Waals surface area contributed by atoms with Gasteiger partial charge in [-0.25, -0.2) is 0 Å². The third-order valence-corrected chi connectivity index (χ3v) is 3.18. The van der Waals surface area contributed by atoms with Gasteiger partial charge in [-0.05, 0) is 43.2 Å². The van der Waals surface area contributed by atoms with Crippen molar-refractivity contribution in [1.29, 1.82) is 0 Å². The lowest BCUT2D eigenvalue weighted by atomic mass is 10.1. The first-order valence-electron chi connectivity index (χ1n) is 6.08. The van der Waals surface area contributed by atoms with Crippen LogP contribution < -0.4 is 4.90 Å². The molecular formula is C15H20N2O2. The van der Waals surface area contributed by atoms with Crippen molar-refractivity contribution in [3.05, 3.63) is 42.0 Å². The lowest BCUT2D eigenvalue weighted by Gasteiger charge is -2.22. The highest BCUT2D eigenvalue weighted by Gasteiger charge is 2.15. The molecule has 0 saturated heterocycles. The van der Waals surface area contributed by atoms with Crippen molar-refractivity contribution in [2.45, 2.75) is 13.8 Å². The van der Waals surface area contributed by atoms with Gasteiger partial charge >= 0.3 is 0 Å². The summed E-state index contributed by atoms with van der Waals surface area (Å²) in [5, 5.41) is 0. The van der Waals surface area contributed by atoms with Crippen LogP contribution in [0.2, 0.25) is 0 Å². The van der Waals surface area contributed by atoms with Gasteiger partial charge in [-0.15, -0.1) is 0 Å². The highest BCUT2D eigenvalue weighted by atomic mass is 16.2. The fourth-order valence-electron chi connectivity index (χ4n) is 1.62. The molecule has 0 unspecified atom stereocenters. The van der Waals surface area contributed by atoms with Crippen LogP contribution in [0.5, 0.6) is 0 Å². The molecule has 0 heterocycles. The Bertz CT molecular complexity index is 509. The molecule has 0 bridgehead atoms. The quantitative estimate of drug-likeness (QED) is 0.776. The smallest absolute Gasteiger partial charge is 0.246 e. The van der Waals surface area contributed by atoms with E-state index in [-0.39, 0.29) is 18.4 Å². The molecule has 1 rings (SSSR count). The molecule has 1 aromatic carbocycles. The zero-order valence-electron chi connectivity index (χ0n) is 11.9. The fraction of sp³-hybridized carbons (Fsp3) is 0.333. The first kappa shape index (κ1) is 15.0. The molecule has 0 aliphatic heterocycles. The van der Waals surface area contributed by atoms with Crippen LogP contribution in [0.4, 0.5) is 5.69 Å². The zero-order valence-corrected chi connectivity index (χ0v) is 11.9. The highest BCUT2D eigenvalue weighted by Crippen LogP contribution is 2.17. The van der Waals surface area contributed by atoms with E-state index < -0.39 is 0 Å². The molecule has 0 saturated carbocycles. The van der Waals surface area contributed by atoms with Gasteiger partial charge in [-0.1, -0.05) is 12.6 Å². The summed E-state index contributed by atoms with van der Waals surface area (Å²) in [6.45, 7) is 7.46. The summed E-state index contributed by atoms with van der Waals surface area (Å²) in [6, 6.07) is 5.84. The van der Waals surface area contributed by atoms with E-state index in [4.69, 9.17) is 0 Å². The van der Waals surface area contributed by atoms with Gasteiger partial charge in [-0.2, -0.15) is 0 Å². The summed E-state index contributed by atoms with van der Waals surface area (Å²) in [5.74, 6) is -0.400. The topological polar surface area (TPSA) is 40.6 Å². The molecule has 0 aliphatic carbocycles. The number of hydrogen-bond donors (Lipinski definition) is 0. The molecule has 2 amide bonds. The van der Waals surface area contributed by atoms with Crippen LogP contribution in [0.3, 0.4) is 0 Å². The van der Waals surface area contributed by atoms with Crippen LogP contribution in [0.25, 0.3) is 0 Å². The summed E-state index contributed by atoms with van der Waals surface area (Å²) in [4.78, 5) is 26.3. The minimum absolute atomic E-state index is 0.0360. The predicted octanol–water partition coefficient (Wildman–Crippen LogP) is 1.91. The van der Waals surface area contributed by atoms with Crippen LogP contribution in [-0.2, 0) is 9.59 Å².